The largest absolute Gasteiger partial charge is 0.486 e. The third-order valence-electron chi connectivity index (χ3n) is 5.11. The van der Waals surface area contributed by atoms with E-state index in [0.717, 1.165) is 0 Å². The molecule has 0 spiro atoms. The van der Waals surface area contributed by atoms with Gasteiger partial charge < -0.3 is 20.1 Å². The number of ether oxygens (including phenoxy) is 2. The number of nitrogens with two attached hydrogens (primary N) is 1. The van der Waals surface area contributed by atoms with E-state index in [1.165, 1.54) is 16.4 Å². The van der Waals surface area contributed by atoms with Crippen LogP contribution in [0, 0.1) is 0 Å². The first kappa shape index (κ1) is 20.2. The van der Waals surface area contributed by atoms with Crippen molar-refractivity contribution in [2.45, 2.75) is 29.7 Å². The van der Waals surface area contributed by atoms with Crippen LogP contribution in [0.1, 0.15) is 19.3 Å². The molecule has 8 nitrogen and oxygen atoms in total. The molecular weight excluding hydrogens is 394 g/mol. The minimum atomic E-state index is -3.66. The van der Waals surface area contributed by atoms with Crippen LogP contribution in [0.15, 0.2) is 23.1 Å². The van der Waals surface area contributed by atoms with E-state index in [4.69, 9.17) is 15.2 Å². The van der Waals surface area contributed by atoms with Crippen LogP contribution >= 0.6 is 12.4 Å². The summed E-state index contributed by atoms with van der Waals surface area (Å²) in [7, 11) is -3.66. The zero-order chi connectivity index (χ0) is 18.4. The lowest BCUT2D eigenvalue weighted by atomic mass is 10.2. The monoisotopic (exact) mass is 417 g/mol. The lowest BCUT2D eigenvalue weighted by Gasteiger charge is -2.24. The molecule has 2 heterocycles. The van der Waals surface area contributed by atoms with E-state index in [2.05, 4.69) is 0 Å². The second-order valence-corrected chi connectivity index (χ2v) is 8.95. The van der Waals surface area contributed by atoms with E-state index in [-0.39, 0.29) is 29.8 Å². The smallest absolute Gasteiger partial charge is 0.243 e. The van der Waals surface area contributed by atoms with Crippen LogP contribution in [0.2, 0.25) is 0 Å². The van der Waals surface area contributed by atoms with Crippen molar-refractivity contribution in [1.29, 1.82) is 0 Å². The van der Waals surface area contributed by atoms with Crippen molar-refractivity contribution < 1.29 is 22.7 Å². The third-order valence-corrected chi connectivity index (χ3v) is 7.00. The molecule has 1 saturated carbocycles. The van der Waals surface area contributed by atoms with E-state index in [1.54, 1.807) is 11.0 Å². The molecule has 150 valence electrons. The maximum Gasteiger partial charge on any atom is 0.243 e. The Labute approximate surface area is 165 Å². The molecule has 1 aliphatic carbocycles. The molecule has 2 fully saturated rings. The van der Waals surface area contributed by atoms with E-state index in [0.29, 0.717) is 63.6 Å². The Morgan fingerprint density at radius 2 is 1.74 bits per heavy atom. The molecule has 3 aliphatic rings. The number of amides is 1. The molecule has 0 aromatic heterocycles. The van der Waals surface area contributed by atoms with Crippen LogP contribution in [-0.4, -0.2) is 68.5 Å². The van der Waals surface area contributed by atoms with Crippen LogP contribution in [0.5, 0.6) is 11.5 Å². The van der Waals surface area contributed by atoms with Gasteiger partial charge >= 0.3 is 0 Å². The number of nitrogens with zero attached hydrogens (tertiary/aromatic N) is 2. The van der Waals surface area contributed by atoms with Gasteiger partial charge in [0.25, 0.3) is 0 Å². The van der Waals surface area contributed by atoms with Gasteiger partial charge in [0.15, 0.2) is 11.5 Å². The van der Waals surface area contributed by atoms with Gasteiger partial charge in [-0.15, -0.1) is 12.4 Å². The van der Waals surface area contributed by atoms with Gasteiger partial charge in [0.05, 0.1) is 10.4 Å². The highest BCUT2D eigenvalue weighted by atomic mass is 35.5. The summed E-state index contributed by atoms with van der Waals surface area (Å²) in [6.07, 6.45) is 2.01. The first-order valence-corrected chi connectivity index (χ1v) is 10.3. The minimum absolute atomic E-state index is 0. The molecule has 1 aromatic rings. The Kier molecular flexibility index (Phi) is 5.58. The zero-order valence-electron chi connectivity index (χ0n) is 14.9. The fraction of sp³-hybridized carbons (Fsp3) is 0.588. The molecule has 2 aliphatic heterocycles. The van der Waals surface area contributed by atoms with Gasteiger partial charge in [-0.1, -0.05) is 0 Å². The maximum absolute atomic E-state index is 13.0. The number of carbonyl (C=O) groups excluding carboxylic acids is 1. The molecular formula is C17H24ClN3O5S. The van der Waals surface area contributed by atoms with Gasteiger partial charge in [0.2, 0.25) is 15.9 Å². The SMILES string of the molecule is Cl.NC1(C(=O)N2CCCN(S(=O)(=O)c3ccc4c(c3)OCCO4)CC2)CC1. The Morgan fingerprint density at radius 3 is 2.44 bits per heavy atom. The second kappa shape index (κ2) is 7.46. The molecule has 0 radical (unpaired) electrons. The van der Waals surface area contributed by atoms with Crippen LogP contribution in [0.25, 0.3) is 0 Å². The standard InChI is InChI=1S/C17H23N3O5S.ClH/c18-17(4-5-17)16(21)19-6-1-7-20(9-8-19)26(22,23)13-2-3-14-15(12-13)25-11-10-24-14;/h2-3,12H,1,4-11,18H2;1H. The number of halogens is 1. The Bertz CT molecular complexity index is 828. The summed E-state index contributed by atoms with van der Waals surface area (Å²) in [6.45, 7) is 2.39. The van der Waals surface area contributed by atoms with Gasteiger partial charge in [-0.3, -0.25) is 4.79 Å². The summed E-state index contributed by atoms with van der Waals surface area (Å²) in [5.41, 5.74) is 5.28. The lowest BCUT2D eigenvalue weighted by Crippen LogP contribution is -2.47. The van der Waals surface area contributed by atoms with Crippen LogP contribution in [0.4, 0.5) is 0 Å². The quantitative estimate of drug-likeness (QED) is 0.772. The number of rotatable bonds is 3. The fourth-order valence-electron chi connectivity index (χ4n) is 3.33. The number of carbonyl (C=O) groups is 1. The van der Waals surface area contributed by atoms with Crippen molar-refractivity contribution in [3.63, 3.8) is 0 Å². The summed E-state index contributed by atoms with van der Waals surface area (Å²) in [5, 5.41) is 0. The van der Waals surface area contributed by atoms with Crippen molar-refractivity contribution in [2.24, 2.45) is 5.73 Å². The van der Waals surface area contributed by atoms with Crippen molar-refractivity contribution in [3.8, 4) is 11.5 Å². The normalized spacial score (nSPS) is 21.7. The number of sulfonamides is 1. The van der Waals surface area contributed by atoms with Crippen LogP contribution in [-0.2, 0) is 14.8 Å². The Morgan fingerprint density at radius 1 is 1.04 bits per heavy atom. The highest BCUT2D eigenvalue weighted by molar-refractivity contribution is 7.89. The third kappa shape index (κ3) is 3.87. The average Bonchev–Trinajstić information content (AvgIpc) is 3.43. The predicted octanol–water partition coefficient (Wildman–Crippen LogP) is 0.594. The lowest BCUT2D eigenvalue weighted by molar-refractivity contribution is -0.133. The maximum atomic E-state index is 13.0. The first-order chi connectivity index (χ1) is 12.4. The molecule has 1 amide bonds. The van der Waals surface area contributed by atoms with Crippen LogP contribution < -0.4 is 15.2 Å². The highest BCUT2D eigenvalue weighted by Crippen LogP contribution is 2.35. The zero-order valence-corrected chi connectivity index (χ0v) is 16.6. The second-order valence-electron chi connectivity index (χ2n) is 7.01. The van der Waals surface area contributed by atoms with Gasteiger partial charge in [-0.25, -0.2) is 8.42 Å². The van der Waals surface area contributed by atoms with E-state index < -0.39 is 15.6 Å². The summed E-state index contributed by atoms with van der Waals surface area (Å²) in [4.78, 5) is 14.3. The summed E-state index contributed by atoms with van der Waals surface area (Å²) in [5.74, 6) is 0.944. The summed E-state index contributed by atoms with van der Waals surface area (Å²) < 4.78 is 38.4. The Balaban J connectivity index is 0.00000210. The fourth-order valence-corrected chi connectivity index (χ4v) is 4.82. The molecule has 4 rings (SSSR count). The van der Waals surface area contributed by atoms with Gasteiger partial charge in [0, 0.05) is 32.2 Å². The van der Waals surface area contributed by atoms with E-state index in [9.17, 15) is 13.2 Å². The molecule has 10 heteroatoms. The number of hydrogen-bond acceptors (Lipinski definition) is 6. The number of benzene rings is 1. The van der Waals surface area contributed by atoms with Gasteiger partial charge in [0.1, 0.15) is 13.2 Å². The Hall–Kier alpha value is -1.55. The van der Waals surface area contributed by atoms with Crippen molar-refractivity contribution in [3.05, 3.63) is 18.2 Å². The van der Waals surface area contributed by atoms with Crippen molar-refractivity contribution in [2.75, 3.05) is 39.4 Å². The molecule has 0 atom stereocenters. The molecule has 1 aromatic carbocycles. The molecule has 0 unspecified atom stereocenters. The minimum Gasteiger partial charge on any atom is -0.486 e. The van der Waals surface area contributed by atoms with Gasteiger partial charge in [-0.05, 0) is 31.4 Å². The first-order valence-electron chi connectivity index (χ1n) is 8.88. The van der Waals surface area contributed by atoms with E-state index in [1.807, 2.05) is 0 Å². The summed E-state index contributed by atoms with van der Waals surface area (Å²) in [6, 6.07) is 4.67. The van der Waals surface area contributed by atoms with Crippen molar-refractivity contribution in [1.82, 2.24) is 9.21 Å². The number of fused-ring (bicyclic) bond motifs is 1. The molecule has 0 bridgehead atoms. The van der Waals surface area contributed by atoms with E-state index >= 15 is 0 Å². The van der Waals surface area contributed by atoms with Crippen molar-refractivity contribution >= 4 is 28.3 Å². The topological polar surface area (TPSA) is 102 Å². The predicted molar refractivity (Wildman–Crippen MR) is 101 cm³/mol. The molecule has 27 heavy (non-hydrogen) atoms. The van der Waals surface area contributed by atoms with Crippen LogP contribution in [0.3, 0.4) is 0 Å². The number of hydrogen-bond donors (Lipinski definition) is 1. The highest BCUT2D eigenvalue weighted by Gasteiger charge is 2.48. The van der Waals surface area contributed by atoms with Gasteiger partial charge in [-0.2, -0.15) is 4.31 Å². The average molecular weight is 418 g/mol. The molecule has 2 N–H and O–H groups in total. The molecule has 1 saturated heterocycles. The summed E-state index contributed by atoms with van der Waals surface area (Å²) >= 11 is 0.